The maximum absolute atomic E-state index is 12.4. The van der Waals surface area contributed by atoms with Gasteiger partial charge in [-0.25, -0.2) is 0 Å². The third kappa shape index (κ3) is 5.90. The van der Waals surface area contributed by atoms with E-state index in [1.54, 1.807) is 11.0 Å². The van der Waals surface area contributed by atoms with Crippen LogP contribution in [-0.2, 0) is 20.8 Å². The molecule has 152 valence electrons. The van der Waals surface area contributed by atoms with Crippen molar-refractivity contribution in [3.05, 3.63) is 64.1 Å². The number of hydrogen-bond donors (Lipinski definition) is 2. The molecule has 3 amide bonds. The van der Waals surface area contributed by atoms with Crippen molar-refractivity contribution in [2.75, 3.05) is 25.0 Å². The van der Waals surface area contributed by atoms with E-state index in [1.807, 2.05) is 49.4 Å². The SMILES string of the molecule is Cc1cc(Br)ccc1NC(=O)CNC(=O)C1CC(=O)N(CCc2ccccc2)C1. The summed E-state index contributed by atoms with van der Waals surface area (Å²) >= 11 is 3.38. The van der Waals surface area contributed by atoms with Gasteiger partial charge in [-0.2, -0.15) is 0 Å². The first-order valence-corrected chi connectivity index (χ1v) is 10.4. The number of benzene rings is 2. The Balaban J connectivity index is 1.44. The molecule has 1 saturated heterocycles. The third-order valence-electron chi connectivity index (χ3n) is 4.98. The van der Waals surface area contributed by atoms with Crippen LogP contribution in [-0.4, -0.2) is 42.3 Å². The maximum Gasteiger partial charge on any atom is 0.243 e. The van der Waals surface area contributed by atoms with Gasteiger partial charge >= 0.3 is 0 Å². The number of aryl methyl sites for hydroxylation is 1. The van der Waals surface area contributed by atoms with Crippen LogP contribution in [0.5, 0.6) is 0 Å². The molecule has 2 aromatic carbocycles. The topological polar surface area (TPSA) is 78.5 Å². The minimum atomic E-state index is -0.416. The molecule has 2 N–H and O–H groups in total. The van der Waals surface area contributed by atoms with Gasteiger partial charge in [0.05, 0.1) is 12.5 Å². The fraction of sp³-hybridized carbons (Fsp3) is 0.318. The first kappa shape index (κ1) is 21.0. The normalized spacial score (nSPS) is 16.0. The Bertz CT molecular complexity index is 901. The van der Waals surface area contributed by atoms with Gasteiger partial charge in [-0.1, -0.05) is 46.3 Å². The summed E-state index contributed by atoms with van der Waals surface area (Å²) in [4.78, 5) is 38.5. The van der Waals surface area contributed by atoms with E-state index in [-0.39, 0.29) is 30.7 Å². The van der Waals surface area contributed by atoms with Crippen LogP contribution in [0.3, 0.4) is 0 Å². The molecular formula is C22H24BrN3O3. The monoisotopic (exact) mass is 457 g/mol. The van der Waals surface area contributed by atoms with Gasteiger partial charge in [0.2, 0.25) is 17.7 Å². The molecule has 6 nitrogen and oxygen atoms in total. The molecule has 1 atom stereocenters. The van der Waals surface area contributed by atoms with Gasteiger partial charge < -0.3 is 15.5 Å². The molecule has 1 fully saturated rings. The molecule has 7 heteroatoms. The number of carbonyl (C=O) groups is 3. The molecule has 1 unspecified atom stereocenters. The lowest BCUT2D eigenvalue weighted by Crippen LogP contribution is -2.38. The number of carbonyl (C=O) groups excluding carboxylic acids is 3. The van der Waals surface area contributed by atoms with Crippen molar-refractivity contribution in [1.82, 2.24) is 10.2 Å². The summed E-state index contributed by atoms with van der Waals surface area (Å²) in [6.07, 6.45) is 0.948. The standard InChI is InChI=1S/C22H24BrN3O3/c1-15-11-18(23)7-8-19(15)25-20(27)13-24-22(29)17-12-21(28)26(14-17)10-9-16-5-3-2-4-6-16/h2-8,11,17H,9-10,12-14H2,1H3,(H,24,29)(H,25,27). The first-order valence-electron chi connectivity index (χ1n) is 9.58. The molecule has 0 aliphatic carbocycles. The van der Waals surface area contributed by atoms with Crippen LogP contribution in [0.15, 0.2) is 53.0 Å². The predicted molar refractivity (Wildman–Crippen MR) is 115 cm³/mol. The lowest BCUT2D eigenvalue weighted by atomic mass is 10.1. The first-order chi connectivity index (χ1) is 13.9. The zero-order valence-corrected chi connectivity index (χ0v) is 17.9. The molecule has 1 heterocycles. The number of likely N-dealkylation sites (tertiary alicyclic amines) is 1. The highest BCUT2D eigenvalue weighted by molar-refractivity contribution is 9.10. The van der Waals surface area contributed by atoms with E-state index in [0.717, 1.165) is 22.0 Å². The average molecular weight is 458 g/mol. The number of hydrogen-bond acceptors (Lipinski definition) is 3. The highest BCUT2D eigenvalue weighted by Gasteiger charge is 2.34. The van der Waals surface area contributed by atoms with Crippen LogP contribution in [0, 0.1) is 12.8 Å². The van der Waals surface area contributed by atoms with E-state index in [9.17, 15) is 14.4 Å². The Kier molecular flexibility index (Phi) is 7.04. The lowest BCUT2D eigenvalue weighted by Gasteiger charge is -2.16. The van der Waals surface area contributed by atoms with Gasteiger partial charge in [-0.3, -0.25) is 14.4 Å². The Morgan fingerprint density at radius 1 is 1.17 bits per heavy atom. The Morgan fingerprint density at radius 3 is 2.66 bits per heavy atom. The number of nitrogens with one attached hydrogen (secondary N) is 2. The van der Waals surface area contributed by atoms with E-state index < -0.39 is 5.92 Å². The number of anilines is 1. The van der Waals surface area contributed by atoms with E-state index in [0.29, 0.717) is 18.8 Å². The number of halogens is 1. The van der Waals surface area contributed by atoms with Gasteiger partial charge in [0.1, 0.15) is 0 Å². The fourth-order valence-corrected chi connectivity index (χ4v) is 3.82. The van der Waals surface area contributed by atoms with Gasteiger partial charge in [0.25, 0.3) is 0 Å². The van der Waals surface area contributed by atoms with Gasteiger partial charge in [-0.15, -0.1) is 0 Å². The van der Waals surface area contributed by atoms with Crippen LogP contribution < -0.4 is 10.6 Å². The second kappa shape index (κ2) is 9.69. The number of nitrogens with zero attached hydrogens (tertiary/aromatic N) is 1. The minimum Gasteiger partial charge on any atom is -0.347 e. The fourth-order valence-electron chi connectivity index (χ4n) is 3.35. The van der Waals surface area contributed by atoms with E-state index in [1.165, 1.54) is 0 Å². The summed E-state index contributed by atoms with van der Waals surface area (Å²) in [5.41, 5.74) is 2.79. The average Bonchev–Trinajstić information content (AvgIpc) is 3.08. The molecule has 0 bridgehead atoms. The second-order valence-corrected chi connectivity index (χ2v) is 8.12. The van der Waals surface area contributed by atoms with Gasteiger partial charge in [0.15, 0.2) is 0 Å². The van der Waals surface area contributed by atoms with Gasteiger partial charge in [-0.05, 0) is 42.7 Å². The molecule has 0 saturated carbocycles. The predicted octanol–water partition coefficient (Wildman–Crippen LogP) is 2.90. The minimum absolute atomic E-state index is 0.0176. The lowest BCUT2D eigenvalue weighted by molar-refractivity contribution is -0.129. The van der Waals surface area contributed by atoms with E-state index in [4.69, 9.17) is 0 Å². The summed E-state index contributed by atoms with van der Waals surface area (Å²) in [7, 11) is 0. The largest absolute Gasteiger partial charge is 0.347 e. The van der Waals surface area contributed by atoms with Crippen LogP contribution >= 0.6 is 15.9 Å². The molecule has 2 aromatic rings. The second-order valence-electron chi connectivity index (χ2n) is 7.20. The van der Waals surface area contributed by atoms with Crippen molar-refractivity contribution in [3.8, 4) is 0 Å². The van der Waals surface area contributed by atoms with Crippen LogP contribution in [0.4, 0.5) is 5.69 Å². The molecule has 0 aromatic heterocycles. The van der Waals surface area contributed by atoms with Crippen molar-refractivity contribution in [1.29, 1.82) is 0 Å². The van der Waals surface area contributed by atoms with Crippen LogP contribution in [0.2, 0.25) is 0 Å². The third-order valence-corrected chi connectivity index (χ3v) is 5.48. The Labute approximate surface area is 178 Å². The van der Waals surface area contributed by atoms with Crippen LogP contribution in [0.1, 0.15) is 17.5 Å². The number of rotatable bonds is 7. The highest BCUT2D eigenvalue weighted by atomic mass is 79.9. The summed E-state index contributed by atoms with van der Waals surface area (Å²) in [5, 5.41) is 5.44. The smallest absolute Gasteiger partial charge is 0.243 e. The Morgan fingerprint density at radius 2 is 1.93 bits per heavy atom. The maximum atomic E-state index is 12.4. The van der Waals surface area contributed by atoms with Gasteiger partial charge in [0, 0.05) is 29.7 Å². The zero-order valence-electron chi connectivity index (χ0n) is 16.3. The van der Waals surface area contributed by atoms with Crippen LogP contribution in [0.25, 0.3) is 0 Å². The molecule has 0 radical (unpaired) electrons. The quantitative estimate of drug-likeness (QED) is 0.670. The van der Waals surface area contributed by atoms with Crippen molar-refractivity contribution in [3.63, 3.8) is 0 Å². The number of amides is 3. The summed E-state index contributed by atoms with van der Waals surface area (Å²) in [6.45, 7) is 2.76. The van der Waals surface area contributed by atoms with Crippen molar-refractivity contribution in [2.45, 2.75) is 19.8 Å². The van der Waals surface area contributed by atoms with E-state index in [2.05, 4.69) is 26.6 Å². The molecule has 3 rings (SSSR count). The molecule has 0 spiro atoms. The molecule has 1 aliphatic rings. The zero-order chi connectivity index (χ0) is 20.8. The van der Waals surface area contributed by atoms with Crippen molar-refractivity contribution < 1.29 is 14.4 Å². The molecule has 29 heavy (non-hydrogen) atoms. The molecular weight excluding hydrogens is 434 g/mol. The highest BCUT2D eigenvalue weighted by Crippen LogP contribution is 2.20. The van der Waals surface area contributed by atoms with Crippen molar-refractivity contribution >= 4 is 39.3 Å². The van der Waals surface area contributed by atoms with Crippen molar-refractivity contribution in [2.24, 2.45) is 5.92 Å². The summed E-state index contributed by atoms with van der Waals surface area (Å²) < 4.78 is 0.934. The summed E-state index contributed by atoms with van der Waals surface area (Å²) in [6, 6.07) is 15.5. The van der Waals surface area contributed by atoms with E-state index >= 15 is 0 Å². The Hall–Kier alpha value is -2.67. The molecule has 1 aliphatic heterocycles. The summed E-state index contributed by atoms with van der Waals surface area (Å²) in [5.74, 6) is -0.992.